The van der Waals surface area contributed by atoms with Gasteiger partial charge in [0, 0.05) is 14.2 Å². The Hall–Kier alpha value is -0.000130. The Morgan fingerprint density at radius 2 is 1.38 bits per heavy atom. The molecular formula is C21H43B2O10P. The van der Waals surface area contributed by atoms with Crippen LogP contribution in [0.3, 0.4) is 0 Å². The van der Waals surface area contributed by atoms with Crippen molar-refractivity contribution in [3.8, 4) is 0 Å². The van der Waals surface area contributed by atoms with Crippen LogP contribution in [-0.4, -0.2) is 108 Å². The molecule has 9 unspecified atom stereocenters. The zero-order valence-corrected chi connectivity index (χ0v) is 23.2. The van der Waals surface area contributed by atoms with E-state index < -0.39 is 43.9 Å². The van der Waals surface area contributed by atoms with Gasteiger partial charge in [0.25, 0.3) is 0 Å². The summed E-state index contributed by atoms with van der Waals surface area (Å²) in [5.74, 6) is 0. The number of hydrogen-bond donors (Lipinski definition) is 1. The molecule has 0 aromatic heterocycles. The zero-order chi connectivity index (χ0) is 25.9. The molecule has 2 heterocycles. The lowest BCUT2D eigenvalue weighted by atomic mass is 9.92. The summed E-state index contributed by atoms with van der Waals surface area (Å²) < 4.78 is 58.9. The van der Waals surface area contributed by atoms with Crippen molar-refractivity contribution in [1.82, 2.24) is 0 Å². The quantitative estimate of drug-likeness (QED) is 0.298. The summed E-state index contributed by atoms with van der Waals surface area (Å²) in [5, 5.41) is 0. The Morgan fingerprint density at radius 1 is 0.882 bits per heavy atom. The summed E-state index contributed by atoms with van der Waals surface area (Å²) in [6, 6.07) is -0.616. The van der Waals surface area contributed by atoms with Crippen LogP contribution in [0.25, 0.3) is 0 Å². The average Bonchev–Trinajstić information content (AvgIpc) is 3.18. The molecule has 0 radical (unpaired) electrons. The van der Waals surface area contributed by atoms with E-state index >= 15 is 0 Å². The minimum atomic E-state index is -4.50. The van der Waals surface area contributed by atoms with Crippen molar-refractivity contribution in [2.45, 2.75) is 108 Å². The molecule has 0 aromatic rings. The minimum Gasteiger partial charge on any atom is -0.377 e. The van der Waals surface area contributed by atoms with E-state index in [4.69, 9.17) is 37.5 Å². The maximum atomic E-state index is 13.0. The Balaban J connectivity index is 2.06. The molecule has 0 amide bonds. The molecular weight excluding hydrogens is 465 g/mol. The summed E-state index contributed by atoms with van der Waals surface area (Å²) in [5.41, 5.74) is -0.826. The fourth-order valence-corrected chi connectivity index (χ4v) is 5.14. The van der Waals surface area contributed by atoms with E-state index in [1.54, 1.807) is 7.11 Å². The van der Waals surface area contributed by atoms with Crippen LogP contribution in [0.5, 0.6) is 0 Å². The van der Waals surface area contributed by atoms with Gasteiger partial charge in [-0.05, 0) is 41.0 Å². The van der Waals surface area contributed by atoms with E-state index in [9.17, 15) is 9.46 Å². The predicted molar refractivity (Wildman–Crippen MR) is 132 cm³/mol. The molecule has 2 saturated heterocycles. The maximum Gasteiger partial charge on any atom is 0.472 e. The molecule has 10 nitrogen and oxygen atoms in total. The lowest BCUT2D eigenvalue weighted by Crippen LogP contribution is -2.43. The van der Waals surface area contributed by atoms with Crippen LogP contribution in [0, 0.1) is 0 Å². The number of rotatable bonds is 12. The van der Waals surface area contributed by atoms with Crippen molar-refractivity contribution in [2.75, 3.05) is 27.4 Å². The SMILES string of the molecule is BC1OC(COP(=O)(O)OC2C(COC(C)(C)CC)OC(B)C2OC)C(OC(C)(C)C)C1OC. The monoisotopic (exact) mass is 508 g/mol. The molecule has 1 N–H and O–H groups in total. The summed E-state index contributed by atoms with van der Waals surface area (Å²) in [6.45, 7) is 11.7. The minimum absolute atomic E-state index is 0.190. The first-order chi connectivity index (χ1) is 15.6. The van der Waals surface area contributed by atoms with Gasteiger partial charge in [-0.15, -0.1) is 0 Å². The highest BCUT2D eigenvalue weighted by Gasteiger charge is 2.49. The predicted octanol–water partition coefficient (Wildman–Crippen LogP) is 0.624. The van der Waals surface area contributed by atoms with Gasteiger partial charge in [-0.25, -0.2) is 4.57 Å². The summed E-state index contributed by atoms with van der Waals surface area (Å²) in [4.78, 5) is 10.6. The number of ether oxygens (including phenoxy) is 6. The van der Waals surface area contributed by atoms with Gasteiger partial charge < -0.3 is 33.3 Å². The van der Waals surface area contributed by atoms with Crippen molar-refractivity contribution in [3.05, 3.63) is 0 Å². The molecule has 2 aliphatic heterocycles. The zero-order valence-electron chi connectivity index (χ0n) is 22.3. The van der Waals surface area contributed by atoms with E-state index in [-0.39, 0.29) is 36.9 Å². The lowest BCUT2D eigenvalue weighted by Gasteiger charge is -2.31. The van der Waals surface area contributed by atoms with Crippen LogP contribution in [0.15, 0.2) is 0 Å². The highest BCUT2D eigenvalue weighted by molar-refractivity contribution is 7.47. The molecule has 0 saturated carbocycles. The van der Waals surface area contributed by atoms with Gasteiger partial charge in [0.15, 0.2) is 0 Å². The normalized spacial score (nSPS) is 36.6. The first-order valence-electron chi connectivity index (χ1n) is 12.0. The van der Waals surface area contributed by atoms with Gasteiger partial charge in [0.05, 0.1) is 36.4 Å². The topological polar surface area (TPSA) is 111 Å². The van der Waals surface area contributed by atoms with Crippen molar-refractivity contribution in [1.29, 1.82) is 0 Å². The maximum absolute atomic E-state index is 13.0. The molecule has 0 aromatic carbocycles. The molecule has 0 aliphatic carbocycles. The van der Waals surface area contributed by atoms with Crippen LogP contribution in [0.2, 0.25) is 0 Å². The van der Waals surface area contributed by atoms with Crippen molar-refractivity contribution in [2.24, 2.45) is 0 Å². The Morgan fingerprint density at radius 3 is 1.85 bits per heavy atom. The largest absolute Gasteiger partial charge is 0.472 e. The van der Waals surface area contributed by atoms with Gasteiger partial charge in [0.1, 0.15) is 52.3 Å². The second-order valence-corrected chi connectivity index (χ2v) is 12.0. The van der Waals surface area contributed by atoms with E-state index in [0.29, 0.717) is 0 Å². The number of phosphoric ester groups is 1. The fraction of sp³-hybridized carbons (Fsp3) is 1.00. The average molecular weight is 508 g/mol. The van der Waals surface area contributed by atoms with Crippen LogP contribution in [0.4, 0.5) is 0 Å². The highest BCUT2D eigenvalue weighted by Crippen LogP contribution is 2.48. The second-order valence-electron chi connectivity index (χ2n) is 10.6. The summed E-state index contributed by atoms with van der Waals surface area (Å²) in [6.07, 6.45) is -2.61. The molecule has 2 aliphatic rings. The van der Waals surface area contributed by atoms with Crippen LogP contribution >= 0.6 is 7.82 Å². The molecule has 2 rings (SSSR count). The third-order valence-electron chi connectivity index (χ3n) is 6.27. The number of hydrogen-bond acceptors (Lipinski definition) is 9. The molecule has 0 bridgehead atoms. The molecule has 34 heavy (non-hydrogen) atoms. The number of phosphoric acid groups is 1. The fourth-order valence-electron chi connectivity index (χ4n) is 4.18. The molecule has 2 fully saturated rings. The van der Waals surface area contributed by atoms with Gasteiger partial charge >= 0.3 is 7.82 Å². The van der Waals surface area contributed by atoms with Gasteiger partial charge in [-0.1, -0.05) is 6.92 Å². The van der Waals surface area contributed by atoms with Gasteiger partial charge in [0.2, 0.25) is 0 Å². The van der Waals surface area contributed by atoms with Crippen molar-refractivity contribution in [3.63, 3.8) is 0 Å². The molecule has 198 valence electrons. The Labute approximate surface area is 206 Å². The first kappa shape index (κ1) is 30.2. The molecule has 0 spiro atoms. The van der Waals surface area contributed by atoms with E-state index in [1.165, 1.54) is 7.11 Å². The van der Waals surface area contributed by atoms with Gasteiger partial charge in [-0.2, -0.15) is 0 Å². The first-order valence-corrected chi connectivity index (χ1v) is 13.5. The van der Waals surface area contributed by atoms with Crippen molar-refractivity contribution >= 4 is 23.5 Å². The van der Waals surface area contributed by atoms with Crippen molar-refractivity contribution < 1.29 is 46.9 Å². The van der Waals surface area contributed by atoms with Crippen LogP contribution in [-0.2, 0) is 42.0 Å². The highest BCUT2D eigenvalue weighted by atomic mass is 31.2. The number of methoxy groups -OCH3 is 2. The van der Waals surface area contributed by atoms with Crippen LogP contribution < -0.4 is 0 Å². The molecule has 9 atom stereocenters. The second kappa shape index (κ2) is 12.0. The van der Waals surface area contributed by atoms with Crippen LogP contribution in [0.1, 0.15) is 48.0 Å². The van der Waals surface area contributed by atoms with E-state index in [2.05, 4.69) is 0 Å². The van der Waals surface area contributed by atoms with Gasteiger partial charge in [-0.3, -0.25) is 9.05 Å². The van der Waals surface area contributed by atoms with E-state index in [0.717, 1.165) is 6.42 Å². The molecule has 13 heteroatoms. The third-order valence-corrected chi connectivity index (χ3v) is 7.25. The Kier molecular flexibility index (Phi) is 10.7. The summed E-state index contributed by atoms with van der Waals surface area (Å²) >= 11 is 0. The Bertz CT molecular complexity index is 691. The third kappa shape index (κ3) is 8.26. The summed E-state index contributed by atoms with van der Waals surface area (Å²) in [7, 11) is 2.29. The lowest BCUT2D eigenvalue weighted by molar-refractivity contribution is -0.125. The smallest absolute Gasteiger partial charge is 0.377 e. The standard InChI is InChI=1S/C21H43B2O10P/c1-9-21(5,6)28-10-12-15(17(27-8)19(23)30-12)33-34(24,25)29-11-13-14(32-20(2,3)4)16(26-7)18(22)31-13/h12-19H,9-11,22-23H2,1-8H3,(H,24,25). The van der Waals surface area contributed by atoms with E-state index in [1.807, 2.05) is 57.2 Å².